The van der Waals surface area contributed by atoms with Crippen molar-refractivity contribution >= 4 is 16.9 Å². The van der Waals surface area contributed by atoms with Gasteiger partial charge in [-0.3, -0.25) is 4.68 Å². The highest BCUT2D eigenvalue weighted by atomic mass is 19.4. The number of hydrogen-bond donors (Lipinski definition) is 1. The second-order valence-corrected chi connectivity index (χ2v) is 3.76. The topological polar surface area (TPSA) is 55.1 Å². The summed E-state index contributed by atoms with van der Waals surface area (Å²) in [5.74, 6) is -1.25. The summed E-state index contributed by atoms with van der Waals surface area (Å²) in [6, 6.07) is 6.31. The van der Waals surface area contributed by atoms with E-state index in [1.807, 2.05) is 0 Å². The number of nitrogens with zero attached hydrogens (tertiary/aromatic N) is 2. The van der Waals surface area contributed by atoms with Crippen molar-refractivity contribution in [1.29, 1.82) is 0 Å². The zero-order chi connectivity index (χ0) is 13.3. The molecule has 0 atom stereocenters. The molecule has 0 spiro atoms. The second-order valence-electron chi connectivity index (χ2n) is 3.76. The molecule has 1 aromatic heterocycles. The Morgan fingerprint density at radius 3 is 2.61 bits per heavy atom. The van der Waals surface area contributed by atoms with E-state index in [2.05, 4.69) is 5.10 Å². The van der Waals surface area contributed by atoms with Crippen LogP contribution in [-0.2, 0) is 6.54 Å². The molecule has 18 heavy (non-hydrogen) atoms. The van der Waals surface area contributed by atoms with Gasteiger partial charge in [0.2, 0.25) is 0 Å². The summed E-state index contributed by atoms with van der Waals surface area (Å²) in [5, 5.41) is 13.0. The van der Waals surface area contributed by atoms with E-state index < -0.39 is 25.1 Å². The van der Waals surface area contributed by atoms with Crippen molar-refractivity contribution in [3.05, 3.63) is 30.0 Å². The molecule has 0 unspecified atom stereocenters. The van der Waals surface area contributed by atoms with Crippen molar-refractivity contribution in [3.63, 3.8) is 0 Å². The van der Waals surface area contributed by atoms with Crippen LogP contribution in [0.15, 0.2) is 24.3 Å². The van der Waals surface area contributed by atoms with E-state index in [9.17, 15) is 18.0 Å². The highest BCUT2D eigenvalue weighted by Gasteiger charge is 2.27. The van der Waals surface area contributed by atoms with Crippen LogP contribution in [-0.4, -0.2) is 27.0 Å². The molecule has 0 fully saturated rings. The van der Waals surface area contributed by atoms with Gasteiger partial charge < -0.3 is 5.11 Å². The van der Waals surface area contributed by atoms with Crippen LogP contribution in [0.1, 0.15) is 16.9 Å². The summed E-state index contributed by atoms with van der Waals surface area (Å²) in [6.45, 7) is -0.392. The first-order valence-corrected chi connectivity index (χ1v) is 5.14. The Balaban J connectivity index is 2.42. The highest BCUT2D eigenvalue weighted by Crippen LogP contribution is 2.23. The molecule has 0 aliphatic carbocycles. The average Bonchev–Trinajstić information content (AvgIpc) is 2.64. The van der Waals surface area contributed by atoms with Crippen LogP contribution in [0.5, 0.6) is 0 Å². The third-order valence-electron chi connectivity index (χ3n) is 2.47. The van der Waals surface area contributed by atoms with Gasteiger partial charge in [-0.1, -0.05) is 18.2 Å². The highest BCUT2D eigenvalue weighted by molar-refractivity contribution is 6.01. The number of benzene rings is 1. The molecule has 0 amide bonds. The zero-order valence-electron chi connectivity index (χ0n) is 9.11. The number of halogens is 3. The van der Waals surface area contributed by atoms with Gasteiger partial charge in [0.1, 0.15) is 0 Å². The number of rotatable bonds is 3. The van der Waals surface area contributed by atoms with Crippen LogP contribution in [0.4, 0.5) is 13.2 Å². The molecule has 0 saturated carbocycles. The van der Waals surface area contributed by atoms with Crippen molar-refractivity contribution < 1.29 is 23.1 Å². The minimum absolute atomic E-state index is 0.229. The van der Waals surface area contributed by atoms with Gasteiger partial charge in [-0.2, -0.15) is 18.3 Å². The van der Waals surface area contributed by atoms with Gasteiger partial charge in [-0.25, -0.2) is 4.79 Å². The normalized spacial score (nSPS) is 11.9. The first-order chi connectivity index (χ1) is 8.38. The summed E-state index contributed by atoms with van der Waals surface area (Å²) in [4.78, 5) is 10.9. The Kier molecular flexibility index (Phi) is 2.98. The van der Waals surface area contributed by atoms with Crippen molar-refractivity contribution in [3.8, 4) is 0 Å². The van der Waals surface area contributed by atoms with Crippen LogP contribution in [0.3, 0.4) is 0 Å². The van der Waals surface area contributed by atoms with Gasteiger partial charge in [0.15, 0.2) is 5.69 Å². The summed E-state index contributed by atoms with van der Waals surface area (Å²) < 4.78 is 37.5. The van der Waals surface area contributed by atoms with E-state index in [4.69, 9.17) is 5.11 Å². The molecular formula is C11H9F3N2O2. The molecule has 1 N–H and O–H groups in total. The molecule has 0 aliphatic rings. The Bertz CT molecular complexity index is 589. The molecule has 96 valence electrons. The van der Waals surface area contributed by atoms with Crippen LogP contribution in [0.25, 0.3) is 10.9 Å². The molecule has 0 radical (unpaired) electrons. The number of hydrogen-bond acceptors (Lipinski definition) is 2. The van der Waals surface area contributed by atoms with E-state index in [1.54, 1.807) is 18.2 Å². The Morgan fingerprint density at radius 2 is 2.00 bits per heavy atom. The third kappa shape index (κ3) is 2.44. The fraction of sp³-hybridized carbons (Fsp3) is 0.273. The SMILES string of the molecule is O=C(O)c1nn(CCC(F)(F)F)c2ccccc12. The van der Waals surface area contributed by atoms with Crippen molar-refractivity contribution in [2.75, 3.05) is 0 Å². The first-order valence-electron chi connectivity index (χ1n) is 5.14. The number of carbonyl (C=O) groups is 1. The Morgan fingerprint density at radius 1 is 1.33 bits per heavy atom. The van der Waals surface area contributed by atoms with Gasteiger partial charge in [-0.05, 0) is 6.07 Å². The molecule has 2 aromatic rings. The van der Waals surface area contributed by atoms with Crippen LogP contribution < -0.4 is 0 Å². The number of carboxylic acids is 1. The van der Waals surface area contributed by atoms with Gasteiger partial charge in [-0.15, -0.1) is 0 Å². The van der Waals surface area contributed by atoms with E-state index in [1.165, 1.54) is 6.07 Å². The summed E-state index contributed by atoms with van der Waals surface area (Å²) in [6.07, 6.45) is -5.34. The number of fused-ring (bicyclic) bond motifs is 1. The van der Waals surface area contributed by atoms with Crippen molar-refractivity contribution in [1.82, 2.24) is 9.78 Å². The van der Waals surface area contributed by atoms with Crippen LogP contribution >= 0.6 is 0 Å². The predicted octanol–water partition coefficient (Wildman–Crippen LogP) is 2.69. The maximum atomic E-state index is 12.1. The summed E-state index contributed by atoms with van der Waals surface area (Å²) >= 11 is 0. The predicted molar refractivity (Wildman–Crippen MR) is 57.4 cm³/mol. The summed E-state index contributed by atoms with van der Waals surface area (Å²) in [5.41, 5.74) is 0.159. The largest absolute Gasteiger partial charge is 0.476 e. The molecule has 7 heteroatoms. The molecule has 0 bridgehead atoms. The Labute approximate surface area is 99.6 Å². The molecule has 1 heterocycles. The van der Waals surface area contributed by atoms with E-state index in [0.29, 0.717) is 10.9 Å². The Hall–Kier alpha value is -2.05. The molecule has 4 nitrogen and oxygen atoms in total. The number of aromatic nitrogens is 2. The van der Waals surface area contributed by atoms with Gasteiger partial charge in [0.05, 0.1) is 18.5 Å². The molecular weight excluding hydrogens is 249 g/mol. The fourth-order valence-electron chi connectivity index (χ4n) is 1.69. The lowest BCUT2D eigenvalue weighted by molar-refractivity contribution is -0.137. The van der Waals surface area contributed by atoms with E-state index in [-0.39, 0.29) is 5.69 Å². The van der Waals surface area contributed by atoms with E-state index >= 15 is 0 Å². The maximum Gasteiger partial charge on any atom is 0.390 e. The first kappa shape index (κ1) is 12.4. The number of aryl methyl sites for hydroxylation is 1. The third-order valence-corrected chi connectivity index (χ3v) is 2.47. The van der Waals surface area contributed by atoms with E-state index in [0.717, 1.165) is 4.68 Å². The number of alkyl halides is 3. The average molecular weight is 258 g/mol. The van der Waals surface area contributed by atoms with Crippen LogP contribution in [0.2, 0.25) is 0 Å². The molecule has 0 saturated heterocycles. The monoisotopic (exact) mass is 258 g/mol. The molecule has 0 aliphatic heterocycles. The minimum atomic E-state index is -4.30. The van der Waals surface area contributed by atoms with Gasteiger partial charge >= 0.3 is 12.1 Å². The minimum Gasteiger partial charge on any atom is -0.476 e. The molecule has 2 rings (SSSR count). The standard InChI is InChI=1S/C11H9F3N2O2/c12-11(13,14)5-6-16-8-4-2-1-3-7(8)9(15-16)10(17)18/h1-4H,5-6H2,(H,17,18). The lowest BCUT2D eigenvalue weighted by Gasteiger charge is -2.06. The fourth-order valence-corrected chi connectivity index (χ4v) is 1.69. The smallest absolute Gasteiger partial charge is 0.390 e. The summed E-state index contributed by atoms with van der Waals surface area (Å²) in [7, 11) is 0. The second kappa shape index (κ2) is 4.32. The quantitative estimate of drug-likeness (QED) is 0.920. The van der Waals surface area contributed by atoms with Gasteiger partial charge in [0, 0.05) is 5.39 Å². The number of para-hydroxylation sites is 1. The van der Waals surface area contributed by atoms with Crippen LogP contribution in [0, 0.1) is 0 Å². The van der Waals surface area contributed by atoms with Gasteiger partial charge in [0.25, 0.3) is 0 Å². The maximum absolute atomic E-state index is 12.1. The zero-order valence-corrected chi connectivity index (χ0v) is 9.11. The van der Waals surface area contributed by atoms with Crippen molar-refractivity contribution in [2.24, 2.45) is 0 Å². The molecule has 1 aromatic carbocycles. The lowest BCUT2D eigenvalue weighted by atomic mass is 10.2. The number of aromatic carboxylic acids is 1. The van der Waals surface area contributed by atoms with Crippen molar-refractivity contribution in [2.45, 2.75) is 19.1 Å². The lowest BCUT2D eigenvalue weighted by Crippen LogP contribution is -2.13. The number of carboxylic acid groups (broad SMARTS) is 1.